The van der Waals surface area contributed by atoms with Crippen LogP contribution in [-0.4, -0.2) is 37.0 Å². The fraction of sp³-hybridized carbons (Fsp3) is 0.250. The topological polar surface area (TPSA) is 125 Å². The van der Waals surface area contributed by atoms with E-state index in [-0.39, 0.29) is 10.8 Å². The number of rotatable bonds is 3. The first kappa shape index (κ1) is 20.1. The van der Waals surface area contributed by atoms with Crippen LogP contribution in [0.5, 0.6) is 0 Å². The van der Waals surface area contributed by atoms with Gasteiger partial charge in [-0.15, -0.1) is 0 Å². The van der Waals surface area contributed by atoms with Gasteiger partial charge in [0.2, 0.25) is 5.91 Å². The minimum Gasteiger partial charge on any atom is -0.366 e. The van der Waals surface area contributed by atoms with Crippen LogP contribution in [0, 0.1) is 6.92 Å². The summed E-state index contributed by atoms with van der Waals surface area (Å²) >= 11 is 0. The van der Waals surface area contributed by atoms with Crippen molar-refractivity contribution in [1.29, 1.82) is 0 Å². The van der Waals surface area contributed by atoms with Gasteiger partial charge in [0.1, 0.15) is 0 Å². The van der Waals surface area contributed by atoms with E-state index in [0.717, 1.165) is 23.9 Å². The summed E-state index contributed by atoms with van der Waals surface area (Å²) in [5.41, 5.74) is 10.1. The van der Waals surface area contributed by atoms with Crippen molar-refractivity contribution in [2.45, 2.75) is 30.7 Å². The molecule has 0 spiro atoms. The van der Waals surface area contributed by atoms with Gasteiger partial charge in [-0.3, -0.25) is 9.35 Å². The Morgan fingerprint density at radius 2 is 1.93 bits per heavy atom. The largest absolute Gasteiger partial charge is 0.366 e. The molecule has 7 nitrogen and oxygen atoms in total. The third kappa shape index (κ3) is 3.94. The van der Waals surface area contributed by atoms with Crippen molar-refractivity contribution in [3.63, 3.8) is 0 Å². The third-order valence-corrected chi connectivity index (χ3v) is 6.01. The second-order valence-electron chi connectivity index (χ2n) is 6.83. The second-order valence-corrected chi connectivity index (χ2v) is 8.22. The van der Waals surface area contributed by atoms with Gasteiger partial charge in [-0.1, -0.05) is 18.2 Å². The first-order chi connectivity index (χ1) is 13.2. The molecule has 1 amide bonds. The van der Waals surface area contributed by atoms with E-state index < -0.39 is 10.1 Å². The van der Waals surface area contributed by atoms with Crippen LogP contribution in [0.25, 0.3) is 10.9 Å². The van der Waals surface area contributed by atoms with Crippen molar-refractivity contribution in [3.05, 3.63) is 64.8 Å². The van der Waals surface area contributed by atoms with Crippen molar-refractivity contribution in [2.24, 2.45) is 5.73 Å². The zero-order valence-corrected chi connectivity index (χ0v) is 16.5. The molecule has 0 saturated heterocycles. The van der Waals surface area contributed by atoms with Crippen LogP contribution in [0.3, 0.4) is 0 Å². The molecule has 0 fully saturated rings. The summed E-state index contributed by atoms with van der Waals surface area (Å²) in [5, 5.41) is 4.47. The number of nitrogens with two attached hydrogens (primary N) is 1. The molecule has 0 bridgehead atoms. The Labute approximate surface area is 163 Å². The summed E-state index contributed by atoms with van der Waals surface area (Å²) in [4.78, 5) is 14.7. The number of primary amides is 1. The Kier molecular flexibility index (Phi) is 5.55. The maximum absolute atomic E-state index is 11.5. The molecule has 1 aliphatic carbocycles. The number of likely N-dealkylation sites (N-methyl/N-ethyl adjacent to an activating group) is 1. The van der Waals surface area contributed by atoms with E-state index >= 15 is 0 Å². The van der Waals surface area contributed by atoms with Gasteiger partial charge < -0.3 is 16.0 Å². The van der Waals surface area contributed by atoms with Gasteiger partial charge >= 0.3 is 0 Å². The molecule has 3 aromatic rings. The highest BCUT2D eigenvalue weighted by Crippen LogP contribution is 2.31. The van der Waals surface area contributed by atoms with E-state index in [4.69, 9.17) is 10.3 Å². The van der Waals surface area contributed by atoms with Crippen LogP contribution in [-0.2, 0) is 23.0 Å². The fourth-order valence-electron chi connectivity index (χ4n) is 3.61. The molecule has 0 aliphatic heterocycles. The lowest BCUT2D eigenvalue weighted by Crippen LogP contribution is -2.33. The van der Waals surface area contributed by atoms with Gasteiger partial charge in [-0.2, -0.15) is 8.42 Å². The lowest BCUT2D eigenvalue weighted by molar-refractivity contribution is 0.0999. The Bertz CT molecular complexity index is 1140. The number of H-pyrrole nitrogens is 1. The van der Waals surface area contributed by atoms with Crippen LogP contribution in [0.15, 0.2) is 47.5 Å². The molecule has 8 heteroatoms. The number of aromatic amines is 1. The first-order valence-electron chi connectivity index (χ1n) is 8.84. The third-order valence-electron chi connectivity index (χ3n) is 5.00. The van der Waals surface area contributed by atoms with Gasteiger partial charge in [0, 0.05) is 28.7 Å². The van der Waals surface area contributed by atoms with Crippen molar-refractivity contribution in [2.75, 3.05) is 7.05 Å². The number of carbonyl (C=O) groups excluding carboxylic acids is 1. The first-order valence-corrected chi connectivity index (χ1v) is 10.3. The maximum Gasteiger partial charge on any atom is 0.294 e. The lowest BCUT2D eigenvalue weighted by atomic mass is 9.86. The van der Waals surface area contributed by atoms with Gasteiger partial charge in [-0.25, -0.2) is 0 Å². The van der Waals surface area contributed by atoms with Crippen LogP contribution < -0.4 is 11.1 Å². The Hall–Kier alpha value is -2.68. The molecule has 1 unspecified atom stereocenters. The number of aromatic nitrogens is 1. The fourth-order valence-corrected chi connectivity index (χ4v) is 4.34. The maximum atomic E-state index is 11.5. The minimum atomic E-state index is -4.03. The van der Waals surface area contributed by atoms with Crippen molar-refractivity contribution in [3.8, 4) is 0 Å². The van der Waals surface area contributed by atoms with Crippen molar-refractivity contribution in [1.82, 2.24) is 10.3 Å². The lowest BCUT2D eigenvalue weighted by Gasteiger charge is -2.23. The predicted molar refractivity (Wildman–Crippen MR) is 108 cm³/mol. The highest BCUT2D eigenvalue weighted by atomic mass is 32.2. The zero-order valence-electron chi connectivity index (χ0n) is 15.7. The molecular weight excluding hydrogens is 378 g/mol. The van der Waals surface area contributed by atoms with Crippen LogP contribution in [0.2, 0.25) is 0 Å². The summed E-state index contributed by atoms with van der Waals surface area (Å²) in [5.74, 6) is -0.342. The van der Waals surface area contributed by atoms with Crippen LogP contribution in [0.1, 0.15) is 27.0 Å². The van der Waals surface area contributed by atoms with Gasteiger partial charge in [-0.05, 0) is 61.7 Å². The number of nitrogens with one attached hydrogen (secondary N) is 2. The molecule has 1 aromatic heterocycles. The van der Waals surface area contributed by atoms with E-state index in [2.05, 4.69) is 10.3 Å². The highest BCUT2D eigenvalue weighted by Gasteiger charge is 2.24. The molecule has 5 N–H and O–H groups in total. The quantitative estimate of drug-likeness (QED) is 0.501. The number of amides is 1. The molecule has 0 saturated carbocycles. The van der Waals surface area contributed by atoms with E-state index in [9.17, 15) is 13.2 Å². The summed E-state index contributed by atoms with van der Waals surface area (Å²) in [6.45, 7) is 1.63. The summed E-state index contributed by atoms with van der Waals surface area (Å²) in [6.07, 6.45) is 3.88. The van der Waals surface area contributed by atoms with Gasteiger partial charge in [0.15, 0.2) is 0 Å². The number of benzene rings is 2. The molecule has 148 valence electrons. The monoisotopic (exact) mass is 401 g/mol. The Morgan fingerprint density at radius 1 is 1.21 bits per heavy atom. The Morgan fingerprint density at radius 3 is 2.50 bits per heavy atom. The van der Waals surface area contributed by atoms with Crippen molar-refractivity contribution >= 4 is 26.9 Å². The minimum absolute atomic E-state index is 0.0278. The molecule has 1 heterocycles. The average molecular weight is 401 g/mol. The van der Waals surface area contributed by atoms with Crippen molar-refractivity contribution < 1.29 is 17.8 Å². The smallest absolute Gasteiger partial charge is 0.294 e. The van der Waals surface area contributed by atoms with Crippen LogP contribution in [0.4, 0.5) is 0 Å². The highest BCUT2D eigenvalue weighted by molar-refractivity contribution is 7.85. The second kappa shape index (κ2) is 7.75. The number of hydrogen-bond acceptors (Lipinski definition) is 4. The van der Waals surface area contributed by atoms with Gasteiger partial charge in [0.25, 0.3) is 10.1 Å². The predicted octanol–water partition coefficient (Wildman–Crippen LogP) is 2.20. The molecule has 1 aliphatic rings. The SMILES string of the molecule is CNC1Cc2c[nH]c3ccc(C(N)=O)c(c23)C1.Cc1ccccc1S(=O)(=O)O. The molecule has 1 atom stereocenters. The number of hydrogen-bond donors (Lipinski definition) is 4. The van der Waals surface area contributed by atoms with E-state index in [0.29, 0.717) is 17.2 Å². The summed E-state index contributed by atoms with van der Waals surface area (Å²) < 4.78 is 29.9. The number of aryl methyl sites for hydroxylation is 1. The molecule has 2 aromatic carbocycles. The standard InChI is InChI=1S/C13H15N3O.C7H8O3S/c1-15-8-4-7-6-16-11-3-2-9(13(14)17)10(5-8)12(7)11;1-6-4-2-3-5-7(6)11(8,9)10/h2-3,6,8,15-16H,4-5H2,1H3,(H2,14,17);2-5H,1H3,(H,8,9,10). The summed E-state index contributed by atoms with van der Waals surface area (Å²) in [7, 11) is -2.08. The molecule has 0 radical (unpaired) electrons. The molecule has 28 heavy (non-hydrogen) atoms. The van der Waals surface area contributed by atoms with Gasteiger partial charge in [0.05, 0.1) is 4.90 Å². The van der Waals surface area contributed by atoms with E-state index in [1.807, 2.05) is 25.4 Å². The zero-order chi connectivity index (χ0) is 20.5. The normalized spacial score (nSPS) is 15.8. The average Bonchev–Trinajstić information content (AvgIpc) is 3.06. The molecular formula is C20H23N3O4S. The summed E-state index contributed by atoms with van der Waals surface area (Å²) in [6, 6.07) is 10.4. The Balaban J connectivity index is 0.000000178. The van der Waals surface area contributed by atoms with E-state index in [1.165, 1.54) is 17.0 Å². The number of carbonyl (C=O) groups is 1. The van der Waals surface area contributed by atoms with Crippen LogP contribution >= 0.6 is 0 Å². The molecule has 4 rings (SSSR count). The van der Waals surface area contributed by atoms with E-state index in [1.54, 1.807) is 25.1 Å².